The Balaban J connectivity index is 1.82. The molecule has 1 aromatic heterocycles. The van der Waals surface area contributed by atoms with E-state index in [1.54, 1.807) is 19.5 Å². The van der Waals surface area contributed by atoms with E-state index in [4.69, 9.17) is 16.3 Å². The van der Waals surface area contributed by atoms with Gasteiger partial charge in [-0.25, -0.2) is 9.97 Å². The van der Waals surface area contributed by atoms with Crippen molar-refractivity contribution in [1.82, 2.24) is 9.97 Å². The molecule has 1 aliphatic heterocycles. The molecule has 0 amide bonds. The molecule has 2 heterocycles. The molecule has 0 atom stereocenters. The van der Waals surface area contributed by atoms with E-state index in [0.29, 0.717) is 11.0 Å². The zero-order valence-corrected chi connectivity index (χ0v) is 13.0. The van der Waals surface area contributed by atoms with E-state index in [1.165, 1.54) is 0 Å². The second-order valence-corrected chi connectivity index (χ2v) is 5.38. The molecule has 0 saturated carbocycles. The maximum Gasteiger partial charge on any atom is 0.227 e. The SMILES string of the molecule is COc1cc(N2CC=CCC2)ccc1Nc1ncc(Cl)cn1. The summed E-state index contributed by atoms with van der Waals surface area (Å²) < 4.78 is 5.48. The van der Waals surface area contributed by atoms with Gasteiger partial charge < -0.3 is 15.0 Å². The van der Waals surface area contributed by atoms with Crippen LogP contribution in [0.25, 0.3) is 0 Å². The number of benzene rings is 1. The van der Waals surface area contributed by atoms with Crippen molar-refractivity contribution in [1.29, 1.82) is 0 Å². The number of hydrogen-bond donors (Lipinski definition) is 1. The van der Waals surface area contributed by atoms with E-state index in [1.807, 2.05) is 12.1 Å². The molecule has 0 fully saturated rings. The molecule has 6 heteroatoms. The Labute approximate surface area is 134 Å². The molecule has 0 aliphatic carbocycles. The van der Waals surface area contributed by atoms with Crippen molar-refractivity contribution in [3.05, 3.63) is 47.8 Å². The summed E-state index contributed by atoms with van der Waals surface area (Å²) in [5.41, 5.74) is 1.96. The van der Waals surface area contributed by atoms with Gasteiger partial charge in [-0.2, -0.15) is 0 Å². The molecule has 5 nitrogen and oxygen atoms in total. The summed E-state index contributed by atoms with van der Waals surface area (Å²) in [6.45, 7) is 1.95. The Kier molecular flexibility index (Phi) is 4.44. The second-order valence-electron chi connectivity index (χ2n) is 4.94. The Bertz CT molecular complexity index is 672. The first kappa shape index (κ1) is 14.7. The van der Waals surface area contributed by atoms with Gasteiger partial charge in [-0.3, -0.25) is 0 Å². The zero-order chi connectivity index (χ0) is 15.4. The van der Waals surface area contributed by atoms with Gasteiger partial charge in [0, 0.05) is 24.8 Å². The van der Waals surface area contributed by atoms with Crippen LogP contribution in [0.3, 0.4) is 0 Å². The fourth-order valence-electron chi connectivity index (χ4n) is 2.35. The normalized spacial score (nSPS) is 14.0. The fraction of sp³-hybridized carbons (Fsp3) is 0.250. The highest BCUT2D eigenvalue weighted by molar-refractivity contribution is 6.30. The highest BCUT2D eigenvalue weighted by Crippen LogP contribution is 2.31. The summed E-state index contributed by atoms with van der Waals surface area (Å²) in [6.07, 6.45) is 8.57. The summed E-state index contributed by atoms with van der Waals surface area (Å²) in [4.78, 5) is 10.6. The van der Waals surface area contributed by atoms with Crippen LogP contribution in [-0.2, 0) is 0 Å². The largest absolute Gasteiger partial charge is 0.494 e. The monoisotopic (exact) mass is 316 g/mol. The first-order chi connectivity index (χ1) is 10.8. The highest BCUT2D eigenvalue weighted by Gasteiger charge is 2.11. The van der Waals surface area contributed by atoms with Gasteiger partial charge in [-0.05, 0) is 18.6 Å². The predicted octanol–water partition coefficient (Wildman–Crippen LogP) is 3.65. The number of methoxy groups -OCH3 is 1. The van der Waals surface area contributed by atoms with Gasteiger partial charge in [-0.15, -0.1) is 0 Å². The molecule has 1 aromatic carbocycles. The number of hydrogen-bond acceptors (Lipinski definition) is 5. The molecule has 0 radical (unpaired) electrons. The van der Waals surface area contributed by atoms with Crippen molar-refractivity contribution in [3.63, 3.8) is 0 Å². The minimum absolute atomic E-state index is 0.483. The van der Waals surface area contributed by atoms with E-state index < -0.39 is 0 Å². The molecular weight excluding hydrogens is 300 g/mol. The van der Waals surface area contributed by atoms with Crippen LogP contribution in [0.15, 0.2) is 42.7 Å². The molecule has 2 aromatic rings. The van der Waals surface area contributed by atoms with Crippen LogP contribution < -0.4 is 15.0 Å². The second kappa shape index (κ2) is 6.66. The Morgan fingerprint density at radius 1 is 1.23 bits per heavy atom. The molecule has 114 valence electrons. The molecule has 0 bridgehead atoms. The first-order valence-corrected chi connectivity index (χ1v) is 7.46. The fourth-order valence-corrected chi connectivity index (χ4v) is 2.45. The molecule has 1 N–H and O–H groups in total. The van der Waals surface area contributed by atoms with Crippen LogP contribution in [0.4, 0.5) is 17.3 Å². The third-order valence-electron chi connectivity index (χ3n) is 3.48. The van der Waals surface area contributed by atoms with Crippen LogP contribution >= 0.6 is 11.6 Å². The lowest BCUT2D eigenvalue weighted by molar-refractivity contribution is 0.416. The van der Waals surface area contributed by atoms with Crippen LogP contribution in [0, 0.1) is 0 Å². The van der Waals surface area contributed by atoms with Crippen molar-refractivity contribution >= 4 is 28.9 Å². The van der Waals surface area contributed by atoms with Gasteiger partial charge in [-0.1, -0.05) is 23.8 Å². The van der Waals surface area contributed by atoms with E-state index in [0.717, 1.165) is 36.6 Å². The van der Waals surface area contributed by atoms with Crippen molar-refractivity contribution in [2.75, 3.05) is 30.4 Å². The summed E-state index contributed by atoms with van der Waals surface area (Å²) >= 11 is 5.79. The van der Waals surface area contributed by atoms with Crippen LogP contribution in [0.2, 0.25) is 5.02 Å². The third-order valence-corrected chi connectivity index (χ3v) is 3.67. The van der Waals surface area contributed by atoms with E-state index in [2.05, 4.69) is 38.4 Å². The maximum absolute atomic E-state index is 5.79. The molecule has 1 aliphatic rings. The lowest BCUT2D eigenvalue weighted by Gasteiger charge is -2.26. The zero-order valence-electron chi connectivity index (χ0n) is 12.3. The van der Waals surface area contributed by atoms with E-state index >= 15 is 0 Å². The van der Waals surface area contributed by atoms with Crippen LogP contribution in [-0.4, -0.2) is 30.2 Å². The summed E-state index contributed by atoms with van der Waals surface area (Å²) in [5, 5.41) is 3.65. The number of rotatable bonds is 4. The number of halogens is 1. The third kappa shape index (κ3) is 3.31. The summed E-state index contributed by atoms with van der Waals surface area (Å²) in [6, 6.07) is 6.07. The van der Waals surface area contributed by atoms with Gasteiger partial charge in [0.2, 0.25) is 5.95 Å². The lowest BCUT2D eigenvalue weighted by Crippen LogP contribution is -2.26. The molecule has 0 unspecified atom stereocenters. The standard InChI is InChI=1S/C16H17ClN4O/c1-22-15-9-13(21-7-3-2-4-8-21)5-6-14(15)20-16-18-10-12(17)11-19-16/h2-3,5-6,9-11H,4,7-8H2,1H3,(H,18,19,20). The molecular formula is C16H17ClN4O. The average molecular weight is 317 g/mol. The minimum atomic E-state index is 0.483. The number of nitrogens with one attached hydrogen (secondary N) is 1. The van der Waals surface area contributed by atoms with Crippen molar-refractivity contribution in [2.45, 2.75) is 6.42 Å². The van der Waals surface area contributed by atoms with Gasteiger partial charge in [0.25, 0.3) is 0 Å². The smallest absolute Gasteiger partial charge is 0.227 e. The van der Waals surface area contributed by atoms with Crippen molar-refractivity contribution in [2.24, 2.45) is 0 Å². The topological polar surface area (TPSA) is 50.3 Å². The Morgan fingerprint density at radius 3 is 2.73 bits per heavy atom. The average Bonchev–Trinajstić information content (AvgIpc) is 2.58. The Hall–Kier alpha value is -2.27. The molecule has 22 heavy (non-hydrogen) atoms. The van der Waals surface area contributed by atoms with Gasteiger partial charge in [0.15, 0.2) is 0 Å². The van der Waals surface area contributed by atoms with E-state index in [-0.39, 0.29) is 0 Å². The van der Waals surface area contributed by atoms with Crippen LogP contribution in [0.1, 0.15) is 6.42 Å². The van der Waals surface area contributed by atoms with Gasteiger partial charge in [0.05, 0.1) is 30.2 Å². The molecule has 0 spiro atoms. The Morgan fingerprint density at radius 2 is 2.05 bits per heavy atom. The quantitative estimate of drug-likeness (QED) is 0.873. The number of aromatic nitrogens is 2. The first-order valence-electron chi connectivity index (χ1n) is 7.09. The van der Waals surface area contributed by atoms with Crippen molar-refractivity contribution < 1.29 is 4.74 Å². The number of anilines is 3. The summed E-state index contributed by atoms with van der Waals surface area (Å²) in [5.74, 6) is 1.24. The molecule has 3 rings (SSSR count). The highest BCUT2D eigenvalue weighted by atomic mass is 35.5. The number of nitrogens with zero attached hydrogens (tertiary/aromatic N) is 3. The van der Waals surface area contributed by atoms with Gasteiger partial charge >= 0.3 is 0 Å². The molecule has 0 saturated heterocycles. The summed E-state index contributed by atoms with van der Waals surface area (Å²) in [7, 11) is 1.66. The van der Waals surface area contributed by atoms with E-state index in [9.17, 15) is 0 Å². The number of ether oxygens (including phenoxy) is 1. The minimum Gasteiger partial charge on any atom is -0.494 e. The van der Waals surface area contributed by atoms with Gasteiger partial charge in [0.1, 0.15) is 5.75 Å². The van der Waals surface area contributed by atoms with Crippen molar-refractivity contribution in [3.8, 4) is 5.75 Å². The van der Waals surface area contributed by atoms with Crippen LogP contribution in [0.5, 0.6) is 5.75 Å². The predicted molar refractivity (Wildman–Crippen MR) is 89.3 cm³/mol. The maximum atomic E-state index is 5.79. The lowest BCUT2D eigenvalue weighted by atomic mass is 10.2.